The fourth-order valence-corrected chi connectivity index (χ4v) is 3.00. The van der Waals surface area contributed by atoms with Gasteiger partial charge in [0, 0.05) is 6.54 Å². The Balaban J connectivity index is 1.97. The molecule has 0 amide bonds. The summed E-state index contributed by atoms with van der Waals surface area (Å²) >= 11 is 0. The highest BCUT2D eigenvalue weighted by Crippen LogP contribution is 2.30. The van der Waals surface area contributed by atoms with E-state index >= 15 is 0 Å². The van der Waals surface area contributed by atoms with E-state index in [1.807, 2.05) is 6.26 Å². The van der Waals surface area contributed by atoms with Crippen molar-refractivity contribution in [2.45, 2.75) is 58.0 Å². The SMILES string of the molecule is CCNC/C(=C/C1CCC=CO1)C1CCCCC1. The van der Waals surface area contributed by atoms with E-state index in [9.17, 15) is 0 Å². The molecule has 0 aromatic carbocycles. The molecule has 0 saturated heterocycles. The summed E-state index contributed by atoms with van der Waals surface area (Å²) in [6.45, 7) is 4.28. The molecule has 2 aliphatic rings. The van der Waals surface area contributed by atoms with Crippen molar-refractivity contribution in [2.75, 3.05) is 13.1 Å². The molecule has 0 spiro atoms. The van der Waals surface area contributed by atoms with Crippen molar-refractivity contribution in [1.29, 1.82) is 0 Å². The van der Waals surface area contributed by atoms with Gasteiger partial charge in [-0.15, -0.1) is 0 Å². The van der Waals surface area contributed by atoms with E-state index in [0.29, 0.717) is 6.10 Å². The molecule has 1 heterocycles. The maximum Gasteiger partial charge on any atom is 0.117 e. The molecule has 2 nitrogen and oxygen atoms in total. The highest BCUT2D eigenvalue weighted by Gasteiger charge is 2.19. The van der Waals surface area contributed by atoms with Crippen molar-refractivity contribution >= 4 is 0 Å². The van der Waals surface area contributed by atoms with Crippen LogP contribution in [0, 0.1) is 5.92 Å². The first-order valence-corrected chi connectivity index (χ1v) is 7.62. The second kappa shape index (κ2) is 7.63. The lowest BCUT2D eigenvalue weighted by molar-refractivity contribution is 0.163. The molecule has 1 saturated carbocycles. The molecule has 1 unspecified atom stereocenters. The van der Waals surface area contributed by atoms with Crippen molar-refractivity contribution in [3.8, 4) is 0 Å². The quantitative estimate of drug-likeness (QED) is 0.748. The summed E-state index contributed by atoms with van der Waals surface area (Å²) in [5.74, 6) is 0.798. The van der Waals surface area contributed by atoms with Crippen molar-refractivity contribution in [1.82, 2.24) is 5.32 Å². The molecule has 0 radical (unpaired) electrons. The predicted octanol–water partition coefficient (Wildman–Crippen LogP) is 3.80. The molecule has 18 heavy (non-hydrogen) atoms. The Morgan fingerprint density at radius 1 is 1.28 bits per heavy atom. The van der Waals surface area contributed by atoms with Crippen molar-refractivity contribution in [2.24, 2.45) is 5.92 Å². The minimum atomic E-state index is 0.311. The minimum Gasteiger partial charge on any atom is -0.494 e. The Labute approximate surface area is 111 Å². The monoisotopic (exact) mass is 249 g/mol. The number of rotatable bonds is 5. The normalized spacial score (nSPS) is 26.1. The largest absolute Gasteiger partial charge is 0.494 e. The van der Waals surface area contributed by atoms with E-state index in [0.717, 1.165) is 31.8 Å². The first-order valence-electron chi connectivity index (χ1n) is 7.62. The lowest BCUT2D eigenvalue weighted by atomic mass is 9.83. The van der Waals surface area contributed by atoms with Gasteiger partial charge in [0.15, 0.2) is 0 Å². The van der Waals surface area contributed by atoms with Crippen LogP contribution in [0.1, 0.15) is 51.9 Å². The molecule has 0 aromatic heterocycles. The van der Waals surface area contributed by atoms with Gasteiger partial charge in [-0.3, -0.25) is 0 Å². The van der Waals surface area contributed by atoms with Gasteiger partial charge in [-0.2, -0.15) is 0 Å². The molecule has 2 heteroatoms. The number of ether oxygens (including phenoxy) is 1. The summed E-state index contributed by atoms with van der Waals surface area (Å²) < 4.78 is 5.69. The molecule has 1 N–H and O–H groups in total. The third-order valence-corrected chi connectivity index (χ3v) is 4.08. The van der Waals surface area contributed by atoms with E-state index in [-0.39, 0.29) is 0 Å². The van der Waals surface area contributed by atoms with Gasteiger partial charge in [0.1, 0.15) is 6.10 Å². The third-order valence-electron chi connectivity index (χ3n) is 4.08. The zero-order chi connectivity index (χ0) is 12.6. The second-order valence-electron chi connectivity index (χ2n) is 5.48. The number of allylic oxidation sites excluding steroid dienone is 1. The molecule has 1 fully saturated rings. The van der Waals surface area contributed by atoms with Crippen molar-refractivity contribution < 1.29 is 4.74 Å². The summed E-state index contributed by atoms with van der Waals surface area (Å²) in [5.41, 5.74) is 1.59. The standard InChI is InChI=1S/C16H27NO/c1-2-17-13-15(14-8-4-3-5-9-14)12-16-10-6-7-11-18-16/h7,11-12,14,16-17H,2-6,8-10,13H2,1H3/b15-12-. The Hall–Kier alpha value is -0.760. The van der Waals surface area contributed by atoms with Crippen LogP contribution in [0.5, 0.6) is 0 Å². The summed E-state index contributed by atoms with van der Waals surface area (Å²) in [6.07, 6.45) is 16.0. The van der Waals surface area contributed by atoms with Gasteiger partial charge < -0.3 is 10.1 Å². The molecule has 1 aliphatic heterocycles. The van der Waals surface area contributed by atoms with Crippen LogP contribution in [0.15, 0.2) is 24.0 Å². The Morgan fingerprint density at radius 2 is 2.11 bits per heavy atom. The Morgan fingerprint density at radius 3 is 2.78 bits per heavy atom. The maximum absolute atomic E-state index is 5.69. The topological polar surface area (TPSA) is 21.3 Å². The molecule has 0 bridgehead atoms. The van der Waals surface area contributed by atoms with Gasteiger partial charge in [-0.25, -0.2) is 0 Å². The fraction of sp³-hybridized carbons (Fsp3) is 0.750. The maximum atomic E-state index is 5.69. The number of hydrogen-bond acceptors (Lipinski definition) is 2. The first kappa shape index (κ1) is 13.7. The fourth-order valence-electron chi connectivity index (χ4n) is 3.00. The average molecular weight is 249 g/mol. The van der Waals surface area contributed by atoms with Crippen LogP contribution in [0.2, 0.25) is 0 Å². The zero-order valence-electron chi connectivity index (χ0n) is 11.7. The molecule has 2 rings (SSSR count). The van der Waals surface area contributed by atoms with Gasteiger partial charge in [0.25, 0.3) is 0 Å². The van der Waals surface area contributed by atoms with Crippen LogP contribution in [-0.2, 0) is 4.74 Å². The molecule has 1 aliphatic carbocycles. The van der Waals surface area contributed by atoms with E-state index in [2.05, 4.69) is 24.4 Å². The van der Waals surface area contributed by atoms with Gasteiger partial charge in [-0.1, -0.05) is 31.8 Å². The summed E-state index contributed by atoms with van der Waals surface area (Å²) in [6, 6.07) is 0. The van der Waals surface area contributed by atoms with Crippen LogP contribution in [-0.4, -0.2) is 19.2 Å². The first-order chi connectivity index (χ1) is 8.90. The van der Waals surface area contributed by atoms with Crippen LogP contribution in [0.25, 0.3) is 0 Å². The molecular weight excluding hydrogens is 222 g/mol. The Bertz CT molecular complexity index is 289. The predicted molar refractivity (Wildman–Crippen MR) is 76.4 cm³/mol. The van der Waals surface area contributed by atoms with Crippen LogP contribution in [0.4, 0.5) is 0 Å². The average Bonchev–Trinajstić information content (AvgIpc) is 2.45. The van der Waals surface area contributed by atoms with E-state index in [1.165, 1.54) is 32.1 Å². The molecular formula is C16H27NO. The molecule has 0 aromatic rings. The number of nitrogens with one attached hydrogen (secondary N) is 1. The molecule has 102 valence electrons. The smallest absolute Gasteiger partial charge is 0.117 e. The highest BCUT2D eigenvalue weighted by molar-refractivity contribution is 5.13. The third kappa shape index (κ3) is 4.16. The van der Waals surface area contributed by atoms with Gasteiger partial charge in [-0.05, 0) is 50.3 Å². The second-order valence-corrected chi connectivity index (χ2v) is 5.48. The van der Waals surface area contributed by atoms with E-state index in [1.54, 1.807) is 5.57 Å². The minimum absolute atomic E-state index is 0.311. The molecule has 1 atom stereocenters. The summed E-state index contributed by atoms with van der Waals surface area (Å²) in [4.78, 5) is 0. The van der Waals surface area contributed by atoms with Crippen LogP contribution < -0.4 is 5.32 Å². The van der Waals surface area contributed by atoms with Crippen molar-refractivity contribution in [3.63, 3.8) is 0 Å². The number of likely N-dealkylation sites (N-methyl/N-ethyl adjacent to an activating group) is 1. The van der Waals surface area contributed by atoms with E-state index in [4.69, 9.17) is 4.74 Å². The lowest BCUT2D eigenvalue weighted by Crippen LogP contribution is -2.24. The lowest BCUT2D eigenvalue weighted by Gasteiger charge is -2.27. The van der Waals surface area contributed by atoms with Crippen molar-refractivity contribution in [3.05, 3.63) is 24.0 Å². The van der Waals surface area contributed by atoms with Gasteiger partial charge in [0.05, 0.1) is 6.26 Å². The summed E-state index contributed by atoms with van der Waals surface area (Å²) in [5, 5.41) is 3.49. The van der Waals surface area contributed by atoms with Crippen LogP contribution >= 0.6 is 0 Å². The highest BCUT2D eigenvalue weighted by atomic mass is 16.5. The number of hydrogen-bond donors (Lipinski definition) is 1. The van der Waals surface area contributed by atoms with E-state index < -0.39 is 0 Å². The van der Waals surface area contributed by atoms with Crippen LogP contribution in [0.3, 0.4) is 0 Å². The Kier molecular flexibility index (Phi) is 5.79. The summed E-state index contributed by atoms with van der Waals surface area (Å²) in [7, 11) is 0. The zero-order valence-corrected chi connectivity index (χ0v) is 11.7. The van der Waals surface area contributed by atoms with Gasteiger partial charge in [0.2, 0.25) is 0 Å². The van der Waals surface area contributed by atoms with Gasteiger partial charge >= 0.3 is 0 Å².